The smallest absolute Gasteiger partial charge is 0.237 e. The van der Waals surface area contributed by atoms with Crippen molar-refractivity contribution < 1.29 is 4.79 Å². The first-order valence-electron chi connectivity index (χ1n) is 6.71. The van der Waals surface area contributed by atoms with Crippen molar-refractivity contribution in [2.75, 3.05) is 6.54 Å². The summed E-state index contributed by atoms with van der Waals surface area (Å²) in [4.78, 5) is 16.1. The van der Waals surface area contributed by atoms with Crippen LogP contribution in [0.1, 0.15) is 44.2 Å². The van der Waals surface area contributed by atoms with Crippen LogP contribution in [-0.2, 0) is 4.79 Å². The maximum absolute atomic E-state index is 12.1. The van der Waals surface area contributed by atoms with Gasteiger partial charge in [0.1, 0.15) is 0 Å². The van der Waals surface area contributed by atoms with Crippen molar-refractivity contribution in [3.8, 4) is 0 Å². The van der Waals surface area contributed by atoms with Crippen LogP contribution in [0, 0.1) is 0 Å². The number of carbonyl (C=O) groups is 1. The number of pyridine rings is 1. The minimum atomic E-state index is -0.0308. The van der Waals surface area contributed by atoms with E-state index in [9.17, 15) is 4.79 Å². The summed E-state index contributed by atoms with van der Waals surface area (Å²) >= 11 is 0. The van der Waals surface area contributed by atoms with Crippen LogP contribution in [0.25, 0.3) is 0 Å². The van der Waals surface area contributed by atoms with Gasteiger partial charge in [-0.1, -0.05) is 12.8 Å². The Hall–Kier alpha value is -1.42. The largest absolute Gasteiger partial charge is 0.348 e. The van der Waals surface area contributed by atoms with E-state index in [0.717, 1.165) is 24.9 Å². The van der Waals surface area contributed by atoms with Gasteiger partial charge in [-0.2, -0.15) is 0 Å². The predicted molar refractivity (Wildman–Crippen MR) is 71.1 cm³/mol. The summed E-state index contributed by atoms with van der Waals surface area (Å²) in [5.74, 6) is 0.112. The molecule has 1 fully saturated rings. The van der Waals surface area contributed by atoms with Gasteiger partial charge in [0.15, 0.2) is 0 Å². The van der Waals surface area contributed by atoms with Crippen LogP contribution in [0.4, 0.5) is 0 Å². The van der Waals surface area contributed by atoms with Crippen molar-refractivity contribution >= 4 is 5.91 Å². The van der Waals surface area contributed by atoms with Gasteiger partial charge in [-0.15, -0.1) is 0 Å². The zero-order chi connectivity index (χ0) is 12.8. The van der Waals surface area contributed by atoms with Gasteiger partial charge in [0.05, 0.1) is 12.1 Å². The van der Waals surface area contributed by atoms with Gasteiger partial charge in [0.25, 0.3) is 0 Å². The van der Waals surface area contributed by atoms with Crippen molar-refractivity contribution in [2.24, 2.45) is 0 Å². The molecule has 0 radical (unpaired) electrons. The Bertz CT molecular complexity index is 372. The number of nitrogens with one attached hydrogen (secondary N) is 2. The van der Waals surface area contributed by atoms with E-state index in [-0.39, 0.29) is 18.0 Å². The summed E-state index contributed by atoms with van der Waals surface area (Å²) in [6.07, 6.45) is 7.97. The highest BCUT2D eigenvalue weighted by molar-refractivity contribution is 5.82. The van der Waals surface area contributed by atoms with Crippen molar-refractivity contribution in [3.05, 3.63) is 30.1 Å². The average molecular weight is 247 g/mol. The van der Waals surface area contributed by atoms with E-state index >= 15 is 0 Å². The topological polar surface area (TPSA) is 54.0 Å². The van der Waals surface area contributed by atoms with E-state index in [1.165, 1.54) is 12.8 Å². The number of hydrogen-bond acceptors (Lipinski definition) is 3. The molecular weight excluding hydrogens is 226 g/mol. The van der Waals surface area contributed by atoms with Gasteiger partial charge in [-0.25, -0.2) is 0 Å². The van der Waals surface area contributed by atoms with Crippen LogP contribution in [0.3, 0.4) is 0 Å². The van der Waals surface area contributed by atoms with Gasteiger partial charge in [0.2, 0.25) is 5.91 Å². The molecule has 0 saturated carbocycles. The fourth-order valence-electron chi connectivity index (χ4n) is 2.30. The molecule has 1 aromatic heterocycles. The first-order chi connectivity index (χ1) is 8.77. The first-order valence-corrected chi connectivity index (χ1v) is 6.71. The fraction of sp³-hybridized carbons (Fsp3) is 0.571. The lowest BCUT2D eigenvalue weighted by Crippen LogP contribution is -2.44. The molecule has 0 bridgehead atoms. The summed E-state index contributed by atoms with van der Waals surface area (Å²) in [5, 5.41) is 6.38. The Balaban J connectivity index is 1.90. The molecule has 1 unspecified atom stereocenters. The van der Waals surface area contributed by atoms with Crippen molar-refractivity contribution in [1.29, 1.82) is 0 Å². The number of carbonyl (C=O) groups excluding carboxylic acids is 1. The summed E-state index contributed by atoms with van der Waals surface area (Å²) in [6, 6.07) is 3.87. The van der Waals surface area contributed by atoms with E-state index in [0.29, 0.717) is 0 Å². The number of nitrogens with zero attached hydrogens (tertiary/aromatic N) is 1. The summed E-state index contributed by atoms with van der Waals surface area (Å²) < 4.78 is 0. The van der Waals surface area contributed by atoms with Crippen molar-refractivity contribution in [3.63, 3.8) is 0 Å². The Labute approximate surface area is 108 Å². The molecule has 2 rings (SSSR count). The van der Waals surface area contributed by atoms with Gasteiger partial charge in [-0.05, 0) is 44.0 Å². The summed E-state index contributed by atoms with van der Waals surface area (Å²) in [6.45, 7) is 2.95. The first kappa shape index (κ1) is 13.0. The lowest BCUT2D eigenvalue weighted by atomic mass is 10.1. The predicted octanol–water partition coefficient (Wildman–Crippen LogP) is 1.79. The Morgan fingerprint density at radius 1 is 1.39 bits per heavy atom. The summed E-state index contributed by atoms with van der Waals surface area (Å²) in [7, 11) is 0. The highest BCUT2D eigenvalue weighted by Crippen LogP contribution is 2.13. The molecule has 0 spiro atoms. The van der Waals surface area contributed by atoms with Crippen LogP contribution in [0.5, 0.6) is 0 Å². The molecule has 1 aromatic rings. The second-order valence-electron chi connectivity index (χ2n) is 4.87. The number of rotatable bonds is 3. The Morgan fingerprint density at radius 3 is 2.94 bits per heavy atom. The maximum Gasteiger partial charge on any atom is 0.237 e. The van der Waals surface area contributed by atoms with Gasteiger partial charge in [0, 0.05) is 12.4 Å². The molecule has 4 nitrogen and oxygen atoms in total. The molecule has 2 atom stereocenters. The molecule has 0 aliphatic carbocycles. The molecule has 18 heavy (non-hydrogen) atoms. The molecule has 4 heteroatoms. The van der Waals surface area contributed by atoms with Gasteiger partial charge in [-0.3, -0.25) is 9.78 Å². The molecule has 1 saturated heterocycles. The zero-order valence-corrected chi connectivity index (χ0v) is 10.9. The molecule has 98 valence electrons. The van der Waals surface area contributed by atoms with Crippen LogP contribution in [-0.4, -0.2) is 23.5 Å². The van der Waals surface area contributed by atoms with E-state index in [4.69, 9.17) is 0 Å². The molecule has 1 aliphatic heterocycles. The molecule has 2 heterocycles. The third-order valence-electron chi connectivity index (χ3n) is 3.44. The Morgan fingerprint density at radius 2 is 2.17 bits per heavy atom. The van der Waals surface area contributed by atoms with Crippen LogP contribution >= 0.6 is 0 Å². The minimum absolute atomic E-state index is 0.0308. The van der Waals surface area contributed by atoms with Crippen LogP contribution in [0.15, 0.2) is 24.5 Å². The highest BCUT2D eigenvalue weighted by atomic mass is 16.2. The monoisotopic (exact) mass is 247 g/mol. The third kappa shape index (κ3) is 3.53. The lowest BCUT2D eigenvalue weighted by Gasteiger charge is -2.20. The maximum atomic E-state index is 12.1. The number of aromatic nitrogens is 1. The average Bonchev–Trinajstić information content (AvgIpc) is 2.68. The Kier molecular flexibility index (Phi) is 4.70. The van der Waals surface area contributed by atoms with Crippen LogP contribution in [0.2, 0.25) is 0 Å². The molecule has 1 amide bonds. The van der Waals surface area contributed by atoms with E-state index in [1.54, 1.807) is 12.4 Å². The van der Waals surface area contributed by atoms with E-state index in [2.05, 4.69) is 15.6 Å². The van der Waals surface area contributed by atoms with Gasteiger partial charge < -0.3 is 10.6 Å². The minimum Gasteiger partial charge on any atom is -0.348 e. The highest BCUT2D eigenvalue weighted by Gasteiger charge is 2.20. The van der Waals surface area contributed by atoms with E-state index < -0.39 is 0 Å². The van der Waals surface area contributed by atoms with Crippen molar-refractivity contribution in [2.45, 2.75) is 44.7 Å². The quantitative estimate of drug-likeness (QED) is 0.856. The molecular formula is C14H21N3O. The SMILES string of the molecule is C[C@H](NC(=O)C1CCCCCN1)c1ccncc1. The number of hydrogen-bond donors (Lipinski definition) is 2. The second-order valence-corrected chi connectivity index (χ2v) is 4.87. The van der Waals surface area contributed by atoms with E-state index in [1.807, 2.05) is 19.1 Å². The fourth-order valence-corrected chi connectivity index (χ4v) is 2.30. The summed E-state index contributed by atoms with van der Waals surface area (Å²) in [5.41, 5.74) is 1.09. The third-order valence-corrected chi connectivity index (χ3v) is 3.44. The zero-order valence-electron chi connectivity index (χ0n) is 10.9. The molecule has 1 aliphatic rings. The van der Waals surface area contributed by atoms with Crippen molar-refractivity contribution in [1.82, 2.24) is 15.6 Å². The normalized spacial score (nSPS) is 21.9. The molecule has 2 N–H and O–H groups in total. The van der Waals surface area contributed by atoms with Gasteiger partial charge >= 0.3 is 0 Å². The molecule has 0 aromatic carbocycles. The number of amides is 1. The van der Waals surface area contributed by atoms with Crippen LogP contribution < -0.4 is 10.6 Å². The lowest BCUT2D eigenvalue weighted by molar-refractivity contribution is -0.123. The second kappa shape index (κ2) is 6.50. The standard InChI is InChI=1S/C14H21N3O/c1-11(12-6-9-15-10-7-12)17-14(18)13-5-3-2-4-8-16-13/h6-7,9-11,13,16H,2-5,8H2,1H3,(H,17,18)/t11-,13?/m0/s1.